The van der Waals surface area contributed by atoms with Crippen molar-refractivity contribution in [2.45, 2.75) is 39.1 Å². The normalized spacial score (nSPS) is 14.9. The third-order valence-electron chi connectivity index (χ3n) is 7.08. The van der Waals surface area contributed by atoms with E-state index >= 15 is 0 Å². The molecule has 0 unspecified atom stereocenters. The van der Waals surface area contributed by atoms with Crippen molar-refractivity contribution in [3.8, 4) is 11.4 Å². The lowest BCUT2D eigenvalue weighted by Gasteiger charge is -2.18. The number of anilines is 1. The molecule has 41 heavy (non-hydrogen) atoms. The molecule has 0 N–H and O–H groups in total. The number of aromatic nitrogens is 2. The van der Waals surface area contributed by atoms with Crippen LogP contribution in [0.4, 0.5) is 5.69 Å². The Labute approximate surface area is 252 Å². The lowest BCUT2D eigenvalue weighted by atomic mass is 10.2. The molecule has 0 bridgehead atoms. The van der Waals surface area contributed by atoms with E-state index in [9.17, 15) is 4.79 Å². The number of allylic oxidation sites excluding steroid dienone is 1. The zero-order valence-electron chi connectivity index (χ0n) is 23.6. The van der Waals surface area contributed by atoms with Gasteiger partial charge in [0, 0.05) is 23.6 Å². The highest BCUT2D eigenvalue weighted by molar-refractivity contribution is 8.03. The van der Waals surface area contributed by atoms with Gasteiger partial charge in [0.25, 0.3) is 10.6 Å². The van der Waals surface area contributed by atoms with Crippen LogP contribution in [0.25, 0.3) is 28.1 Å². The summed E-state index contributed by atoms with van der Waals surface area (Å²) >= 11 is 5.03. The Balaban J connectivity index is 1.49. The van der Waals surface area contributed by atoms with Crippen LogP contribution >= 0.6 is 34.4 Å². The van der Waals surface area contributed by atoms with Gasteiger partial charge in [-0.1, -0.05) is 53.4 Å². The Hall–Kier alpha value is -3.59. The fourth-order valence-electron chi connectivity index (χ4n) is 5.16. The van der Waals surface area contributed by atoms with Gasteiger partial charge in [0.15, 0.2) is 0 Å². The molecule has 0 saturated heterocycles. The van der Waals surface area contributed by atoms with E-state index in [-0.39, 0.29) is 5.56 Å². The van der Waals surface area contributed by atoms with E-state index in [0.717, 1.165) is 50.5 Å². The first-order chi connectivity index (χ1) is 20.0. The molecule has 8 heteroatoms. The summed E-state index contributed by atoms with van der Waals surface area (Å²) in [6.45, 7) is 10.7. The first-order valence-electron chi connectivity index (χ1n) is 13.9. The van der Waals surface area contributed by atoms with Crippen LogP contribution in [0.1, 0.15) is 31.3 Å². The summed E-state index contributed by atoms with van der Waals surface area (Å²) in [4.78, 5) is 17.4. The van der Waals surface area contributed by atoms with Gasteiger partial charge in [0.05, 0.1) is 33.6 Å². The zero-order chi connectivity index (χ0) is 28.5. The Morgan fingerprint density at radius 3 is 2.49 bits per heavy atom. The minimum Gasteiger partial charge on any atom is -0.494 e. The molecule has 0 amide bonds. The second kappa shape index (κ2) is 11.7. The van der Waals surface area contributed by atoms with Crippen molar-refractivity contribution >= 4 is 62.5 Å². The standard InChI is InChI=1S/C33H32N3O2S3/c1-5-34-24-15-11-12-16-27(24)39-31(34)21-32-36(23-13-9-8-10-14-23)33(37)28(40-32)17-18-30-35(6-2)25-20-26(38-7-3)22(4)19-29(25)41-30/h8-21H,5-7H2,1-4H3/q+1/b28-17+,30-18?. The van der Waals surface area contributed by atoms with Gasteiger partial charge in [-0.3, -0.25) is 9.36 Å². The molecule has 0 radical (unpaired) electrons. The number of benzene rings is 3. The highest BCUT2D eigenvalue weighted by Gasteiger charge is 2.25. The first-order valence-corrected chi connectivity index (χ1v) is 16.3. The summed E-state index contributed by atoms with van der Waals surface area (Å²) in [6, 6.07) is 22.7. The van der Waals surface area contributed by atoms with Gasteiger partial charge in [-0.15, -0.1) is 11.3 Å². The number of hydrogen-bond donors (Lipinski definition) is 0. The number of nitrogens with zero attached hydrogens (tertiary/aromatic N) is 3. The SMILES string of the molecule is CCOc1cc2c(cc1C)SC(=C/C=c1/sc(=Cc3sc4ccccc4[n+]3CC)n(-c3ccccc3)c1=O)N2CC. The number of aryl methyl sites for hydroxylation is 2. The summed E-state index contributed by atoms with van der Waals surface area (Å²) < 4.78 is 12.9. The highest BCUT2D eigenvalue weighted by atomic mass is 32.2. The number of rotatable bonds is 7. The van der Waals surface area contributed by atoms with E-state index < -0.39 is 0 Å². The average Bonchev–Trinajstić information content (AvgIpc) is 3.62. The molecule has 2 aromatic heterocycles. The lowest BCUT2D eigenvalue weighted by Crippen LogP contribution is -2.35. The van der Waals surface area contributed by atoms with Crippen LogP contribution in [0.15, 0.2) is 87.5 Å². The number of ether oxygens (including phenoxy) is 1. The van der Waals surface area contributed by atoms with E-state index in [4.69, 9.17) is 4.74 Å². The maximum atomic E-state index is 13.9. The molecule has 5 nitrogen and oxygen atoms in total. The fourth-order valence-corrected chi connectivity index (χ4v) is 8.60. The van der Waals surface area contributed by atoms with Crippen LogP contribution in [0, 0.1) is 6.92 Å². The second-order valence-electron chi connectivity index (χ2n) is 9.61. The molecule has 0 spiro atoms. The maximum Gasteiger partial charge on any atom is 0.273 e. The molecular formula is C33H32N3O2S3+. The van der Waals surface area contributed by atoms with E-state index in [1.54, 1.807) is 23.1 Å². The van der Waals surface area contributed by atoms with Crippen molar-refractivity contribution in [1.82, 2.24) is 4.57 Å². The Morgan fingerprint density at radius 2 is 1.73 bits per heavy atom. The molecule has 208 valence electrons. The molecule has 1 aliphatic heterocycles. The molecule has 3 heterocycles. The fraction of sp³-hybridized carbons (Fsp3) is 0.212. The molecule has 0 aliphatic carbocycles. The monoisotopic (exact) mass is 598 g/mol. The lowest BCUT2D eigenvalue weighted by molar-refractivity contribution is -0.665. The summed E-state index contributed by atoms with van der Waals surface area (Å²) in [5.41, 5.74) is 4.36. The van der Waals surface area contributed by atoms with Gasteiger partial charge in [0.2, 0.25) is 5.52 Å². The molecule has 6 rings (SSSR count). The average molecular weight is 599 g/mol. The van der Waals surface area contributed by atoms with Gasteiger partial charge in [-0.25, -0.2) is 0 Å². The molecule has 1 aliphatic rings. The van der Waals surface area contributed by atoms with Crippen molar-refractivity contribution in [3.05, 3.63) is 108 Å². The van der Waals surface area contributed by atoms with Crippen molar-refractivity contribution in [2.75, 3.05) is 18.1 Å². The Bertz CT molecular complexity index is 1950. The number of thiazole rings is 2. The van der Waals surface area contributed by atoms with Gasteiger partial charge in [0.1, 0.15) is 21.7 Å². The number of para-hydroxylation sites is 2. The van der Waals surface area contributed by atoms with Gasteiger partial charge in [-0.2, -0.15) is 4.57 Å². The summed E-state index contributed by atoms with van der Waals surface area (Å²) in [7, 11) is 0. The van der Waals surface area contributed by atoms with Crippen LogP contribution in [0.2, 0.25) is 0 Å². The number of thioether (sulfide) groups is 1. The highest BCUT2D eigenvalue weighted by Crippen LogP contribution is 2.48. The summed E-state index contributed by atoms with van der Waals surface area (Å²) in [6.07, 6.45) is 6.23. The predicted octanol–water partition coefficient (Wildman–Crippen LogP) is 6.21. The van der Waals surface area contributed by atoms with Crippen molar-refractivity contribution in [2.24, 2.45) is 0 Å². The molecule has 5 aromatic rings. The molecule has 0 saturated carbocycles. The van der Waals surface area contributed by atoms with Gasteiger partial charge >= 0.3 is 0 Å². The minimum absolute atomic E-state index is 0.00787. The van der Waals surface area contributed by atoms with Gasteiger partial charge in [-0.05, 0) is 69.7 Å². The summed E-state index contributed by atoms with van der Waals surface area (Å²) in [5, 5.41) is 2.23. The molecule has 0 atom stereocenters. The molecule has 0 fully saturated rings. The van der Waals surface area contributed by atoms with E-state index in [2.05, 4.69) is 78.8 Å². The van der Waals surface area contributed by atoms with Crippen LogP contribution < -0.4 is 29.0 Å². The van der Waals surface area contributed by atoms with Crippen LogP contribution in [0.5, 0.6) is 5.75 Å². The first kappa shape index (κ1) is 27.6. The van der Waals surface area contributed by atoms with Gasteiger partial charge < -0.3 is 9.64 Å². The van der Waals surface area contributed by atoms with E-state index in [1.165, 1.54) is 26.4 Å². The van der Waals surface area contributed by atoms with Crippen LogP contribution in [-0.2, 0) is 6.54 Å². The second-order valence-corrected chi connectivity index (χ2v) is 12.8. The quantitative estimate of drug-likeness (QED) is 0.209. The van der Waals surface area contributed by atoms with Crippen molar-refractivity contribution < 1.29 is 9.30 Å². The maximum absolute atomic E-state index is 13.9. The minimum atomic E-state index is -0.00787. The summed E-state index contributed by atoms with van der Waals surface area (Å²) in [5.74, 6) is 0.922. The number of fused-ring (bicyclic) bond motifs is 2. The Morgan fingerprint density at radius 1 is 0.951 bits per heavy atom. The van der Waals surface area contributed by atoms with Crippen molar-refractivity contribution in [3.63, 3.8) is 0 Å². The van der Waals surface area contributed by atoms with E-state index in [0.29, 0.717) is 11.1 Å². The Kier molecular flexibility index (Phi) is 7.88. The number of hydrogen-bond acceptors (Lipinski definition) is 6. The zero-order valence-corrected chi connectivity index (χ0v) is 26.0. The molecule has 3 aromatic carbocycles. The van der Waals surface area contributed by atoms with E-state index in [1.807, 2.05) is 47.9 Å². The predicted molar refractivity (Wildman–Crippen MR) is 174 cm³/mol. The van der Waals surface area contributed by atoms with Crippen LogP contribution in [0.3, 0.4) is 0 Å². The molecular weight excluding hydrogens is 567 g/mol. The smallest absolute Gasteiger partial charge is 0.273 e. The van der Waals surface area contributed by atoms with Crippen LogP contribution in [-0.4, -0.2) is 17.7 Å². The third-order valence-corrected chi connectivity index (χ3v) is 10.3. The largest absolute Gasteiger partial charge is 0.494 e. The van der Waals surface area contributed by atoms with Crippen molar-refractivity contribution in [1.29, 1.82) is 0 Å². The topological polar surface area (TPSA) is 38.4 Å². The third kappa shape index (κ3) is 5.16.